The Hall–Kier alpha value is -1.81. The Morgan fingerprint density at radius 3 is 3.00 bits per heavy atom. The Labute approximate surface area is 92.8 Å². The lowest BCUT2D eigenvalue weighted by molar-refractivity contribution is -0.120. The van der Waals surface area contributed by atoms with Crippen molar-refractivity contribution in [2.75, 3.05) is 0 Å². The molecule has 0 fully saturated rings. The summed E-state index contributed by atoms with van der Waals surface area (Å²) in [4.78, 5) is 14.5. The summed E-state index contributed by atoms with van der Waals surface area (Å²) in [5, 5.41) is 4.33. The number of nitrogens with two attached hydrogens (primary N) is 1. The van der Waals surface area contributed by atoms with Crippen molar-refractivity contribution in [3.8, 4) is 0 Å². The van der Waals surface area contributed by atoms with Crippen molar-refractivity contribution in [1.82, 2.24) is 10.3 Å². The van der Waals surface area contributed by atoms with E-state index in [0.717, 1.165) is 5.52 Å². The Morgan fingerprint density at radius 1 is 1.38 bits per heavy atom. The first-order chi connectivity index (χ1) is 7.75. The number of amides is 1. The molecule has 16 heavy (non-hydrogen) atoms. The van der Waals surface area contributed by atoms with E-state index in [1.807, 2.05) is 18.2 Å². The fourth-order valence-corrected chi connectivity index (χ4v) is 2.34. The van der Waals surface area contributed by atoms with Gasteiger partial charge < -0.3 is 10.7 Å². The highest BCUT2D eigenvalue weighted by molar-refractivity contribution is 5.87. The maximum absolute atomic E-state index is 11.2. The molecule has 1 aliphatic rings. The number of carbonyl (C=O) groups excluding carboxylic acids is 1. The summed E-state index contributed by atoms with van der Waals surface area (Å²) < 4.78 is 0. The van der Waals surface area contributed by atoms with Crippen LogP contribution in [0.4, 0.5) is 0 Å². The summed E-state index contributed by atoms with van der Waals surface area (Å²) in [5.74, 6) is -0.282. The summed E-state index contributed by atoms with van der Waals surface area (Å²) in [6.07, 6.45) is 0.675. The van der Waals surface area contributed by atoms with Crippen LogP contribution in [-0.2, 0) is 17.8 Å². The summed E-state index contributed by atoms with van der Waals surface area (Å²) in [6.45, 7) is 0.678. The van der Waals surface area contributed by atoms with Gasteiger partial charge in [-0.15, -0.1) is 0 Å². The van der Waals surface area contributed by atoms with Crippen LogP contribution in [0.2, 0.25) is 0 Å². The molecule has 0 aliphatic carbocycles. The van der Waals surface area contributed by atoms with E-state index in [1.165, 1.54) is 16.6 Å². The van der Waals surface area contributed by atoms with Gasteiger partial charge in [-0.25, -0.2) is 0 Å². The first kappa shape index (κ1) is 9.42. The zero-order chi connectivity index (χ0) is 11.1. The van der Waals surface area contributed by atoms with Gasteiger partial charge in [0.15, 0.2) is 0 Å². The second kappa shape index (κ2) is 3.35. The van der Waals surface area contributed by atoms with E-state index in [2.05, 4.69) is 16.4 Å². The molecule has 0 bridgehead atoms. The maximum atomic E-state index is 11.2. The van der Waals surface area contributed by atoms with E-state index >= 15 is 0 Å². The molecule has 2 aromatic rings. The Kier molecular flexibility index (Phi) is 1.97. The van der Waals surface area contributed by atoms with Crippen molar-refractivity contribution in [3.63, 3.8) is 0 Å². The number of rotatable bonds is 1. The monoisotopic (exact) mass is 215 g/mol. The van der Waals surface area contributed by atoms with Crippen molar-refractivity contribution in [3.05, 3.63) is 35.5 Å². The molecule has 1 aromatic heterocycles. The molecule has 82 valence electrons. The number of hydrogen-bond acceptors (Lipinski definition) is 2. The predicted molar refractivity (Wildman–Crippen MR) is 61.8 cm³/mol. The van der Waals surface area contributed by atoms with E-state index in [1.54, 1.807) is 0 Å². The molecule has 4 nitrogen and oxygen atoms in total. The summed E-state index contributed by atoms with van der Waals surface area (Å²) >= 11 is 0. The highest BCUT2D eigenvalue weighted by Gasteiger charge is 2.24. The number of carbonyl (C=O) groups is 1. The molecule has 4 heteroatoms. The minimum atomic E-state index is -0.282. The molecule has 1 aromatic carbocycles. The van der Waals surface area contributed by atoms with Gasteiger partial charge in [0.1, 0.15) is 0 Å². The number of primary amides is 1. The van der Waals surface area contributed by atoms with Crippen LogP contribution < -0.4 is 11.1 Å². The fourth-order valence-electron chi connectivity index (χ4n) is 2.34. The molecular formula is C12H13N3O. The summed E-state index contributed by atoms with van der Waals surface area (Å²) in [6, 6.07) is 7.90. The van der Waals surface area contributed by atoms with Gasteiger partial charge in [-0.05, 0) is 18.1 Å². The van der Waals surface area contributed by atoms with E-state index in [9.17, 15) is 4.79 Å². The predicted octanol–water partition coefficient (Wildman–Crippen LogP) is 0.667. The molecule has 4 N–H and O–H groups in total. The molecule has 1 aliphatic heterocycles. The van der Waals surface area contributed by atoms with Crippen molar-refractivity contribution < 1.29 is 4.79 Å². The number of nitrogens with one attached hydrogen (secondary N) is 2. The Bertz CT molecular complexity index is 558. The minimum absolute atomic E-state index is 0.244. The maximum Gasteiger partial charge on any atom is 0.234 e. The van der Waals surface area contributed by atoms with Crippen molar-refractivity contribution in [2.45, 2.75) is 19.0 Å². The second-order valence-electron chi connectivity index (χ2n) is 4.17. The number of para-hydroxylation sites is 1. The van der Waals surface area contributed by atoms with Crippen LogP contribution in [0.3, 0.4) is 0 Å². The standard InChI is InChI=1S/C12H13N3O/c13-12(16)10-5-8-7-3-1-2-4-9(7)15-11(8)6-14-10/h1-4,10,14-15H,5-6H2,(H2,13,16). The summed E-state index contributed by atoms with van der Waals surface area (Å²) in [7, 11) is 0. The average Bonchev–Trinajstić information content (AvgIpc) is 2.66. The minimum Gasteiger partial charge on any atom is -0.368 e. The SMILES string of the molecule is NC(=O)C1Cc2c([nH]c3ccccc23)CN1. The third-order valence-corrected chi connectivity index (χ3v) is 3.18. The quantitative estimate of drug-likeness (QED) is 0.654. The van der Waals surface area contributed by atoms with Crippen LogP contribution >= 0.6 is 0 Å². The molecule has 1 atom stereocenters. The topological polar surface area (TPSA) is 70.9 Å². The number of aromatic amines is 1. The van der Waals surface area contributed by atoms with Crippen LogP contribution in [0.15, 0.2) is 24.3 Å². The van der Waals surface area contributed by atoms with Gasteiger partial charge in [0.25, 0.3) is 0 Å². The lowest BCUT2D eigenvalue weighted by Crippen LogP contribution is -2.45. The third kappa shape index (κ3) is 1.31. The van der Waals surface area contributed by atoms with Gasteiger partial charge in [-0.2, -0.15) is 0 Å². The third-order valence-electron chi connectivity index (χ3n) is 3.18. The van der Waals surface area contributed by atoms with Crippen molar-refractivity contribution >= 4 is 16.8 Å². The van der Waals surface area contributed by atoms with Gasteiger partial charge in [0, 0.05) is 23.1 Å². The average molecular weight is 215 g/mol. The van der Waals surface area contributed by atoms with Gasteiger partial charge in [0.2, 0.25) is 5.91 Å². The molecule has 2 heterocycles. The normalized spacial score (nSPS) is 19.6. The largest absolute Gasteiger partial charge is 0.368 e. The van der Waals surface area contributed by atoms with Crippen LogP contribution in [0.1, 0.15) is 11.3 Å². The molecule has 3 rings (SSSR count). The molecule has 0 saturated heterocycles. The first-order valence-corrected chi connectivity index (χ1v) is 5.37. The molecule has 1 unspecified atom stereocenters. The lowest BCUT2D eigenvalue weighted by atomic mass is 9.98. The van der Waals surface area contributed by atoms with Gasteiger partial charge in [0.05, 0.1) is 6.04 Å². The van der Waals surface area contributed by atoms with Gasteiger partial charge in [-0.1, -0.05) is 18.2 Å². The van der Waals surface area contributed by atoms with E-state index in [4.69, 9.17) is 5.73 Å². The van der Waals surface area contributed by atoms with Crippen LogP contribution in [0.25, 0.3) is 10.9 Å². The summed E-state index contributed by atoms with van der Waals surface area (Å²) in [5.41, 5.74) is 8.84. The zero-order valence-corrected chi connectivity index (χ0v) is 8.79. The Balaban J connectivity index is 2.11. The van der Waals surface area contributed by atoms with E-state index in [-0.39, 0.29) is 11.9 Å². The fraction of sp³-hybridized carbons (Fsp3) is 0.250. The highest BCUT2D eigenvalue weighted by Crippen LogP contribution is 2.26. The van der Waals surface area contributed by atoms with Gasteiger partial charge in [-0.3, -0.25) is 10.1 Å². The Morgan fingerprint density at radius 2 is 2.19 bits per heavy atom. The van der Waals surface area contributed by atoms with Crippen LogP contribution in [0, 0.1) is 0 Å². The molecule has 1 amide bonds. The van der Waals surface area contributed by atoms with Gasteiger partial charge >= 0.3 is 0 Å². The zero-order valence-electron chi connectivity index (χ0n) is 8.79. The van der Waals surface area contributed by atoms with E-state index < -0.39 is 0 Å². The second-order valence-corrected chi connectivity index (χ2v) is 4.17. The number of hydrogen-bond donors (Lipinski definition) is 3. The lowest BCUT2D eigenvalue weighted by Gasteiger charge is -2.21. The number of H-pyrrole nitrogens is 1. The van der Waals surface area contributed by atoms with E-state index in [0.29, 0.717) is 13.0 Å². The molecule has 0 spiro atoms. The molecule has 0 saturated carbocycles. The number of benzene rings is 1. The number of aromatic nitrogens is 1. The van der Waals surface area contributed by atoms with Crippen molar-refractivity contribution in [2.24, 2.45) is 5.73 Å². The number of fused-ring (bicyclic) bond motifs is 3. The first-order valence-electron chi connectivity index (χ1n) is 5.37. The van der Waals surface area contributed by atoms with Crippen LogP contribution in [0.5, 0.6) is 0 Å². The van der Waals surface area contributed by atoms with Crippen molar-refractivity contribution in [1.29, 1.82) is 0 Å². The highest BCUT2D eigenvalue weighted by atomic mass is 16.1. The van der Waals surface area contributed by atoms with Crippen LogP contribution in [-0.4, -0.2) is 16.9 Å². The molecule has 0 radical (unpaired) electrons. The smallest absolute Gasteiger partial charge is 0.234 e. The molecular weight excluding hydrogens is 202 g/mol.